The summed E-state index contributed by atoms with van der Waals surface area (Å²) in [6.07, 6.45) is 2.50. The number of nitrogen functional groups attached to an aromatic ring is 1. The maximum atomic E-state index is 11.6. The molecule has 5 nitrogen and oxygen atoms in total. The number of rotatable bonds is 5. The van der Waals surface area contributed by atoms with Crippen molar-refractivity contribution >= 4 is 11.7 Å². The Balaban J connectivity index is 1.99. The van der Waals surface area contributed by atoms with E-state index in [0.717, 1.165) is 19.6 Å². The van der Waals surface area contributed by atoms with Gasteiger partial charge in [0.1, 0.15) is 12.2 Å². The Hall–Kier alpha value is -1.75. The molecule has 0 spiro atoms. The summed E-state index contributed by atoms with van der Waals surface area (Å²) in [4.78, 5) is 14.0. The van der Waals surface area contributed by atoms with Gasteiger partial charge in [-0.3, -0.25) is 4.90 Å². The van der Waals surface area contributed by atoms with Crippen LogP contribution in [0.5, 0.6) is 5.75 Å². The van der Waals surface area contributed by atoms with E-state index in [1.54, 1.807) is 18.2 Å². The third-order valence-corrected chi connectivity index (χ3v) is 3.30. The molecule has 0 aromatic heterocycles. The van der Waals surface area contributed by atoms with Gasteiger partial charge in [0.15, 0.2) is 5.75 Å². The third-order valence-electron chi connectivity index (χ3n) is 3.30. The molecule has 104 valence electrons. The van der Waals surface area contributed by atoms with E-state index < -0.39 is 5.97 Å². The molecule has 2 rings (SSSR count). The summed E-state index contributed by atoms with van der Waals surface area (Å²) in [7, 11) is 1.35. The molecule has 0 saturated carbocycles. The minimum absolute atomic E-state index is 0.379. The molecule has 1 aromatic rings. The molecular weight excluding hydrogens is 244 g/mol. The van der Waals surface area contributed by atoms with Gasteiger partial charge in [0.2, 0.25) is 0 Å². The number of carbonyl (C=O) groups excluding carboxylic acids is 1. The molecule has 2 N–H and O–H groups in total. The fourth-order valence-corrected chi connectivity index (χ4v) is 2.27. The Morgan fingerprint density at radius 3 is 2.79 bits per heavy atom. The summed E-state index contributed by atoms with van der Waals surface area (Å²) in [5.41, 5.74) is 6.70. The van der Waals surface area contributed by atoms with E-state index in [9.17, 15) is 4.79 Å². The molecule has 0 radical (unpaired) electrons. The van der Waals surface area contributed by atoms with Gasteiger partial charge in [-0.05, 0) is 38.1 Å². The van der Waals surface area contributed by atoms with Crippen LogP contribution in [0.1, 0.15) is 23.2 Å². The van der Waals surface area contributed by atoms with Crippen molar-refractivity contribution in [1.82, 2.24) is 4.90 Å². The first-order valence-corrected chi connectivity index (χ1v) is 6.54. The second kappa shape index (κ2) is 6.43. The fourth-order valence-electron chi connectivity index (χ4n) is 2.27. The van der Waals surface area contributed by atoms with Crippen LogP contribution in [0.2, 0.25) is 0 Å². The average molecular weight is 264 g/mol. The van der Waals surface area contributed by atoms with Crippen LogP contribution in [0, 0.1) is 0 Å². The van der Waals surface area contributed by atoms with Crippen molar-refractivity contribution in [2.24, 2.45) is 0 Å². The third kappa shape index (κ3) is 3.38. The van der Waals surface area contributed by atoms with Crippen molar-refractivity contribution in [2.45, 2.75) is 12.8 Å². The largest absolute Gasteiger partial charge is 0.489 e. The van der Waals surface area contributed by atoms with E-state index in [0.29, 0.717) is 23.6 Å². The number of esters is 1. The number of hydrogen-bond acceptors (Lipinski definition) is 5. The summed E-state index contributed by atoms with van der Waals surface area (Å²) in [6.45, 7) is 3.63. The number of para-hydroxylation sites is 1. The molecule has 0 atom stereocenters. The van der Waals surface area contributed by atoms with Crippen LogP contribution in [0.15, 0.2) is 18.2 Å². The Bertz CT molecular complexity index is 442. The molecule has 1 saturated heterocycles. The van der Waals surface area contributed by atoms with Gasteiger partial charge in [-0.15, -0.1) is 0 Å². The molecule has 1 fully saturated rings. The number of hydrogen-bond donors (Lipinski definition) is 1. The highest BCUT2D eigenvalue weighted by atomic mass is 16.5. The zero-order chi connectivity index (χ0) is 13.7. The van der Waals surface area contributed by atoms with Crippen LogP contribution in [0.4, 0.5) is 5.69 Å². The number of carbonyl (C=O) groups is 1. The van der Waals surface area contributed by atoms with E-state index >= 15 is 0 Å². The van der Waals surface area contributed by atoms with Gasteiger partial charge in [-0.1, -0.05) is 6.07 Å². The Labute approximate surface area is 113 Å². The molecule has 1 aliphatic rings. The Kier molecular flexibility index (Phi) is 4.63. The second-order valence-electron chi connectivity index (χ2n) is 4.61. The highest BCUT2D eigenvalue weighted by Crippen LogP contribution is 2.27. The summed E-state index contributed by atoms with van der Waals surface area (Å²) >= 11 is 0. The van der Waals surface area contributed by atoms with Gasteiger partial charge >= 0.3 is 5.97 Å². The molecule has 1 aliphatic heterocycles. The standard InChI is InChI=1S/C14H20N2O3/c1-18-14(17)11-5-4-6-12(15)13(11)19-10-9-16-7-2-3-8-16/h4-6H,2-3,7-10,15H2,1H3. The van der Waals surface area contributed by atoms with E-state index in [2.05, 4.69) is 4.90 Å². The zero-order valence-electron chi connectivity index (χ0n) is 11.2. The maximum Gasteiger partial charge on any atom is 0.341 e. The monoisotopic (exact) mass is 264 g/mol. The number of ether oxygens (including phenoxy) is 2. The van der Waals surface area contributed by atoms with E-state index in [1.165, 1.54) is 20.0 Å². The molecular formula is C14H20N2O3. The molecule has 0 amide bonds. The Morgan fingerprint density at radius 1 is 1.37 bits per heavy atom. The van der Waals surface area contributed by atoms with Crippen molar-refractivity contribution in [2.75, 3.05) is 39.1 Å². The molecule has 5 heteroatoms. The van der Waals surface area contributed by atoms with E-state index in [-0.39, 0.29) is 0 Å². The van der Waals surface area contributed by atoms with E-state index in [4.69, 9.17) is 15.2 Å². The molecule has 19 heavy (non-hydrogen) atoms. The van der Waals surface area contributed by atoms with Crippen LogP contribution in [0.25, 0.3) is 0 Å². The second-order valence-corrected chi connectivity index (χ2v) is 4.61. The van der Waals surface area contributed by atoms with Crippen LogP contribution in [-0.2, 0) is 4.74 Å². The SMILES string of the molecule is COC(=O)c1cccc(N)c1OCCN1CCCC1. The fraction of sp³-hybridized carbons (Fsp3) is 0.500. The van der Waals surface area contributed by atoms with Crippen LogP contribution >= 0.6 is 0 Å². The lowest BCUT2D eigenvalue weighted by Crippen LogP contribution is -2.25. The van der Waals surface area contributed by atoms with Crippen molar-refractivity contribution in [3.05, 3.63) is 23.8 Å². The van der Waals surface area contributed by atoms with Gasteiger partial charge in [-0.2, -0.15) is 0 Å². The van der Waals surface area contributed by atoms with Gasteiger partial charge in [0.05, 0.1) is 12.8 Å². The molecule has 0 aliphatic carbocycles. The van der Waals surface area contributed by atoms with Crippen molar-refractivity contribution in [3.63, 3.8) is 0 Å². The molecule has 0 bridgehead atoms. The first-order chi connectivity index (χ1) is 9.22. The van der Waals surface area contributed by atoms with Crippen LogP contribution < -0.4 is 10.5 Å². The molecule has 1 aromatic carbocycles. The summed E-state index contributed by atoms with van der Waals surface area (Å²) in [6, 6.07) is 5.10. The van der Waals surface area contributed by atoms with Crippen LogP contribution in [-0.4, -0.2) is 44.2 Å². The van der Waals surface area contributed by atoms with Gasteiger partial charge in [-0.25, -0.2) is 4.79 Å². The minimum atomic E-state index is -0.427. The minimum Gasteiger partial charge on any atom is -0.489 e. The van der Waals surface area contributed by atoms with Gasteiger partial charge in [0, 0.05) is 6.54 Å². The normalized spacial score (nSPS) is 15.4. The van der Waals surface area contributed by atoms with Gasteiger partial charge < -0.3 is 15.2 Å². The number of benzene rings is 1. The lowest BCUT2D eigenvalue weighted by atomic mass is 10.2. The van der Waals surface area contributed by atoms with Gasteiger partial charge in [0.25, 0.3) is 0 Å². The average Bonchev–Trinajstić information content (AvgIpc) is 2.93. The molecule has 1 heterocycles. The molecule has 0 unspecified atom stereocenters. The highest BCUT2D eigenvalue weighted by Gasteiger charge is 2.16. The predicted molar refractivity (Wildman–Crippen MR) is 73.4 cm³/mol. The quantitative estimate of drug-likeness (QED) is 0.645. The lowest BCUT2D eigenvalue weighted by Gasteiger charge is -2.17. The zero-order valence-corrected chi connectivity index (χ0v) is 11.2. The van der Waals surface area contributed by atoms with Crippen molar-refractivity contribution in [1.29, 1.82) is 0 Å². The summed E-state index contributed by atoms with van der Waals surface area (Å²) in [5, 5.41) is 0. The summed E-state index contributed by atoms with van der Waals surface area (Å²) < 4.78 is 10.4. The topological polar surface area (TPSA) is 64.8 Å². The lowest BCUT2D eigenvalue weighted by molar-refractivity contribution is 0.0595. The Morgan fingerprint density at radius 2 is 2.11 bits per heavy atom. The number of methoxy groups -OCH3 is 1. The first kappa shape index (κ1) is 13.7. The highest BCUT2D eigenvalue weighted by molar-refractivity contribution is 5.94. The number of anilines is 1. The smallest absolute Gasteiger partial charge is 0.341 e. The van der Waals surface area contributed by atoms with Crippen molar-refractivity contribution < 1.29 is 14.3 Å². The predicted octanol–water partition coefficient (Wildman–Crippen LogP) is 1.53. The maximum absolute atomic E-state index is 11.6. The first-order valence-electron chi connectivity index (χ1n) is 6.54. The number of likely N-dealkylation sites (tertiary alicyclic amines) is 1. The number of nitrogens with zero attached hydrogens (tertiary/aromatic N) is 1. The van der Waals surface area contributed by atoms with E-state index in [1.807, 2.05) is 0 Å². The van der Waals surface area contributed by atoms with Crippen LogP contribution in [0.3, 0.4) is 0 Å². The van der Waals surface area contributed by atoms with Crippen molar-refractivity contribution in [3.8, 4) is 5.75 Å². The number of nitrogens with two attached hydrogens (primary N) is 1. The summed E-state index contributed by atoms with van der Waals surface area (Å²) in [5.74, 6) is -0.00276.